The van der Waals surface area contributed by atoms with Crippen molar-refractivity contribution in [3.05, 3.63) is 65.1 Å². The Kier molecular flexibility index (Phi) is 3.36. The van der Waals surface area contributed by atoms with Crippen LogP contribution >= 0.6 is 0 Å². The maximum atomic E-state index is 11.5. The lowest BCUT2D eigenvalue weighted by Crippen LogP contribution is -2.08. The number of oxazole rings is 2. The largest absolute Gasteiger partial charge is 0.435 e. The minimum Gasteiger partial charge on any atom is -0.435 e. The number of benzene rings is 2. The Morgan fingerprint density at radius 2 is 2.08 bits per heavy atom. The molecule has 0 radical (unpaired) electrons. The highest BCUT2D eigenvalue weighted by Gasteiger charge is 2.11. The van der Waals surface area contributed by atoms with Crippen molar-refractivity contribution < 1.29 is 8.83 Å². The second-order valence-corrected chi connectivity index (χ2v) is 5.41. The second kappa shape index (κ2) is 5.69. The van der Waals surface area contributed by atoms with Crippen molar-refractivity contribution in [1.29, 1.82) is 5.26 Å². The highest BCUT2D eigenvalue weighted by molar-refractivity contribution is 5.81. The molecule has 0 aliphatic heterocycles. The summed E-state index contributed by atoms with van der Waals surface area (Å²) in [6, 6.07) is 14.6. The first-order valence-corrected chi connectivity index (χ1v) is 7.48. The molecule has 2 aromatic heterocycles. The zero-order valence-corrected chi connectivity index (χ0v) is 13.2. The second-order valence-electron chi connectivity index (χ2n) is 5.41. The van der Waals surface area contributed by atoms with E-state index >= 15 is 0 Å². The first-order valence-electron chi connectivity index (χ1n) is 7.48. The van der Waals surface area contributed by atoms with E-state index in [1.165, 1.54) is 10.8 Å². The fraction of sp³-hybridized carbons (Fsp3) is 0.0556. The van der Waals surface area contributed by atoms with Crippen LogP contribution in [0.4, 0.5) is 5.69 Å². The minimum absolute atomic E-state index is 0.239. The van der Waals surface area contributed by atoms with Gasteiger partial charge in [-0.05, 0) is 24.3 Å². The highest BCUT2D eigenvalue weighted by atomic mass is 16.4. The standard InChI is InChI=1S/C18H12N4O3/c1-22-14-7-6-12(8-16(14)25-18(22)23)20-10-11(9-19)17-21-13-4-2-3-5-15(13)24-17/h2-8,10,20H,1H3/b11-10+. The van der Waals surface area contributed by atoms with E-state index in [-0.39, 0.29) is 11.5 Å². The minimum atomic E-state index is -0.424. The van der Waals surface area contributed by atoms with Crippen LogP contribution in [0.1, 0.15) is 5.89 Å². The summed E-state index contributed by atoms with van der Waals surface area (Å²) in [5.74, 6) is -0.185. The van der Waals surface area contributed by atoms with Crippen LogP contribution in [0.3, 0.4) is 0 Å². The van der Waals surface area contributed by atoms with Crippen molar-refractivity contribution in [3.63, 3.8) is 0 Å². The quantitative estimate of drug-likeness (QED) is 0.578. The van der Waals surface area contributed by atoms with Gasteiger partial charge in [-0.1, -0.05) is 12.1 Å². The van der Waals surface area contributed by atoms with Gasteiger partial charge in [0.2, 0.25) is 5.89 Å². The molecule has 0 atom stereocenters. The molecule has 0 aliphatic carbocycles. The predicted molar refractivity (Wildman–Crippen MR) is 92.7 cm³/mol. The van der Waals surface area contributed by atoms with Gasteiger partial charge < -0.3 is 14.2 Å². The summed E-state index contributed by atoms with van der Waals surface area (Å²) < 4.78 is 12.2. The van der Waals surface area contributed by atoms with Gasteiger partial charge in [-0.25, -0.2) is 9.78 Å². The first-order chi connectivity index (χ1) is 12.2. The Bertz CT molecular complexity index is 1190. The van der Waals surface area contributed by atoms with Crippen LogP contribution in [0, 0.1) is 11.3 Å². The Morgan fingerprint density at radius 1 is 1.24 bits per heavy atom. The molecule has 25 heavy (non-hydrogen) atoms. The third kappa shape index (κ3) is 2.56. The Morgan fingerprint density at radius 3 is 2.88 bits per heavy atom. The van der Waals surface area contributed by atoms with E-state index in [0.29, 0.717) is 27.9 Å². The number of rotatable bonds is 3. The monoisotopic (exact) mass is 332 g/mol. The van der Waals surface area contributed by atoms with E-state index in [0.717, 1.165) is 0 Å². The van der Waals surface area contributed by atoms with Crippen LogP contribution in [-0.4, -0.2) is 9.55 Å². The lowest BCUT2D eigenvalue weighted by atomic mass is 10.2. The molecule has 7 nitrogen and oxygen atoms in total. The molecule has 1 N–H and O–H groups in total. The number of nitrogens with one attached hydrogen (secondary N) is 1. The molecule has 0 spiro atoms. The zero-order chi connectivity index (χ0) is 17.4. The molecule has 2 aromatic carbocycles. The molecule has 0 saturated carbocycles. The smallest absolute Gasteiger partial charge is 0.419 e. The van der Waals surface area contributed by atoms with E-state index in [1.54, 1.807) is 31.3 Å². The molecule has 0 unspecified atom stereocenters. The molecular weight excluding hydrogens is 320 g/mol. The van der Waals surface area contributed by atoms with Crippen LogP contribution < -0.4 is 11.1 Å². The summed E-state index contributed by atoms with van der Waals surface area (Å²) in [6.07, 6.45) is 1.51. The number of allylic oxidation sites excluding steroid dienone is 1. The Balaban J connectivity index is 1.67. The fourth-order valence-electron chi connectivity index (χ4n) is 2.51. The van der Waals surface area contributed by atoms with E-state index in [1.807, 2.05) is 18.2 Å². The summed E-state index contributed by atoms with van der Waals surface area (Å²) in [5.41, 5.74) is 3.39. The average molecular weight is 332 g/mol. The molecule has 122 valence electrons. The van der Waals surface area contributed by atoms with Gasteiger partial charge in [0.05, 0.1) is 5.52 Å². The van der Waals surface area contributed by atoms with Crippen LogP contribution in [0.15, 0.2) is 62.3 Å². The summed E-state index contributed by atoms with van der Waals surface area (Å²) in [6.45, 7) is 0. The average Bonchev–Trinajstić information content (AvgIpc) is 3.17. The van der Waals surface area contributed by atoms with Crippen LogP contribution in [0.2, 0.25) is 0 Å². The molecule has 7 heteroatoms. The van der Waals surface area contributed by atoms with Gasteiger partial charge in [0.25, 0.3) is 0 Å². The molecule has 0 fully saturated rings. The van der Waals surface area contributed by atoms with Crippen molar-refractivity contribution in [1.82, 2.24) is 9.55 Å². The topological polar surface area (TPSA) is 97.0 Å². The molecular formula is C18H12N4O3. The van der Waals surface area contributed by atoms with Crippen LogP contribution in [0.25, 0.3) is 27.8 Å². The van der Waals surface area contributed by atoms with E-state index in [4.69, 9.17) is 8.83 Å². The number of para-hydroxylation sites is 2. The van der Waals surface area contributed by atoms with E-state index in [2.05, 4.69) is 16.4 Å². The third-order valence-corrected chi connectivity index (χ3v) is 3.82. The normalized spacial score (nSPS) is 11.8. The molecule has 0 saturated heterocycles. The summed E-state index contributed by atoms with van der Waals surface area (Å²) in [5, 5.41) is 12.4. The SMILES string of the molecule is Cn1c(=O)oc2cc(N/C=C(\C#N)c3nc4ccccc4o3)ccc21. The van der Waals surface area contributed by atoms with Crippen molar-refractivity contribution in [2.45, 2.75) is 0 Å². The number of aryl methyl sites for hydroxylation is 1. The van der Waals surface area contributed by atoms with E-state index in [9.17, 15) is 10.1 Å². The van der Waals surface area contributed by atoms with E-state index < -0.39 is 5.76 Å². The Hall–Kier alpha value is -3.79. The van der Waals surface area contributed by atoms with Gasteiger partial charge in [-0.2, -0.15) is 5.26 Å². The summed E-state index contributed by atoms with van der Waals surface area (Å²) in [7, 11) is 1.64. The van der Waals surface area contributed by atoms with Gasteiger partial charge >= 0.3 is 5.76 Å². The fourth-order valence-corrected chi connectivity index (χ4v) is 2.51. The number of nitrogens with zero attached hydrogens (tertiary/aromatic N) is 3. The molecule has 4 aromatic rings. The lowest BCUT2D eigenvalue weighted by molar-refractivity contribution is 0.528. The number of hydrogen-bond acceptors (Lipinski definition) is 6. The number of aromatic nitrogens is 2. The first kappa shape index (κ1) is 14.8. The lowest BCUT2D eigenvalue weighted by Gasteiger charge is -2.01. The van der Waals surface area contributed by atoms with Crippen LogP contribution in [0.5, 0.6) is 0 Å². The molecule has 0 aliphatic rings. The zero-order valence-electron chi connectivity index (χ0n) is 13.2. The maximum absolute atomic E-state index is 11.5. The van der Waals surface area contributed by atoms with Crippen molar-refractivity contribution >= 4 is 33.5 Å². The van der Waals surface area contributed by atoms with Crippen LogP contribution in [-0.2, 0) is 7.05 Å². The maximum Gasteiger partial charge on any atom is 0.419 e. The van der Waals surface area contributed by atoms with Crippen molar-refractivity contribution in [2.75, 3.05) is 5.32 Å². The van der Waals surface area contributed by atoms with Gasteiger partial charge in [-0.3, -0.25) is 4.57 Å². The van der Waals surface area contributed by atoms with Crippen molar-refractivity contribution in [2.24, 2.45) is 7.05 Å². The van der Waals surface area contributed by atoms with Crippen molar-refractivity contribution in [3.8, 4) is 6.07 Å². The predicted octanol–water partition coefficient (Wildman–Crippen LogP) is 3.25. The number of nitriles is 1. The third-order valence-electron chi connectivity index (χ3n) is 3.82. The van der Waals surface area contributed by atoms with Gasteiger partial charge in [0.15, 0.2) is 11.2 Å². The summed E-state index contributed by atoms with van der Waals surface area (Å²) in [4.78, 5) is 15.8. The number of anilines is 1. The Labute approximate surface area is 141 Å². The molecule has 2 heterocycles. The molecule has 4 rings (SSSR count). The van der Waals surface area contributed by atoms with Gasteiger partial charge in [0.1, 0.15) is 17.2 Å². The highest BCUT2D eigenvalue weighted by Crippen LogP contribution is 2.22. The van der Waals surface area contributed by atoms with Gasteiger partial charge in [0, 0.05) is 25.0 Å². The number of hydrogen-bond donors (Lipinski definition) is 1. The van der Waals surface area contributed by atoms with Gasteiger partial charge in [-0.15, -0.1) is 0 Å². The molecule has 0 bridgehead atoms. The number of fused-ring (bicyclic) bond motifs is 2. The summed E-state index contributed by atoms with van der Waals surface area (Å²) >= 11 is 0. The molecule has 0 amide bonds.